The number of aromatic nitrogens is 2. The molecule has 6 aromatic rings. The minimum Gasteiger partial charge on any atom is -0.448 e. The average molecular weight is 531 g/mol. The number of nitrogens with one attached hydrogen (secondary N) is 1. The molecule has 0 saturated heterocycles. The topological polar surface area (TPSA) is 89.5 Å². The van der Waals surface area contributed by atoms with Crippen molar-refractivity contribution >= 4 is 45.6 Å². The molecule has 190 valence electrons. The van der Waals surface area contributed by atoms with Crippen molar-refractivity contribution in [2.45, 2.75) is 16.7 Å². The third-order valence-electron chi connectivity index (χ3n) is 6.17. The van der Waals surface area contributed by atoms with Crippen molar-refractivity contribution in [1.82, 2.24) is 15.0 Å². The van der Waals surface area contributed by atoms with Crippen LogP contribution >= 0.6 is 11.8 Å². The summed E-state index contributed by atoms with van der Waals surface area (Å²) in [7, 11) is 0. The lowest BCUT2D eigenvalue weighted by Gasteiger charge is -2.12. The molecule has 2 aromatic heterocycles. The summed E-state index contributed by atoms with van der Waals surface area (Å²) in [6.45, 7) is 0. The van der Waals surface area contributed by atoms with Crippen LogP contribution in [0, 0.1) is 0 Å². The van der Waals surface area contributed by atoms with Gasteiger partial charge in [-0.1, -0.05) is 72.8 Å². The number of benzene rings is 4. The summed E-state index contributed by atoms with van der Waals surface area (Å²) < 4.78 is 7.48. The predicted octanol–water partition coefficient (Wildman–Crippen LogP) is 5.98. The first-order valence-electron chi connectivity index (χ1n) is 12.3. The van der Waals surface area contributed by atoms with Crippen LogP contribution in [0.25, 0.3) is 27.4 Å². The zero-order valence-corrected chi connectivity index (χ0v) is 21.5. The second-order valence-electron chi connectivity index (χ2n) is 8.75. The van der Waals surface area contributed by atoms with Crippen LogP contribution in [0.2, 0.25) is 0 Å². The van der Waals surface area contributed by atoms with Gasteiger partial charge in [0.25, 0.3) is 5.56 Å². The Morgan fingerprint density at radius 1 is 0.872 bits per heavy atom. The van der Waals surface area contributed by atoms with Gasteiger partial charge in [-0.05, 0) is 64.5 Å². The van der Waals surface area contributed by atoms with Crippen molar-refractivity contribution in [3.05, 3.63) is 131 Å². The number of nitrogens with zero attached hydrogens (tertiary/aromatic N) is 3. The third kappa shape index (κ3) is 5.23. The molecular weight excluding hydrogens is 508 g/mol. The lowest BCUT2D eigenvalue weighted by molar-refractivity contribution is -0.120. The Labute approximate surface area is 227 Å². The van der Waals surface area contributed by atoms with Gasteiger partial charge < -0.3 is 4.42 Å². The Morgan fingerprint density at radius 2 is 1.62 bits per heavy atom. The van der Waals surface area contributed by atoms with Crippen LogP contribution in [0.5, 0.6) is 0 Å². The molecule has 0 unspecified atom stereocenters. The molecule has 6 rings (SSSR count). The van der Waals surface area contributed by atoms with Crippen molar-refractivity contribution in [3.8, 4) is 5.69 Å². The summed E-state index contributed by atoms with van der Waals surface area (Å²) in [5.74, 6) is 0.230. The molecular formula is C31H22N4O3S. The second-order valence-corrected chi connectivity index (χ2v) is 9.73. The number of carbonyl (C=O) groups excluding carboxylic acids is 1. The van der Waals surface area contributed by atoms with Gasteiger partial charge in [0.1, 0.15) is 5.76 Å². The highest BCUT2D eigenvalue weighted by atomic mass is 32.2. The molecule has 2 heterocycles. The molecule has 8 heteroatoms. The Morgan fingerprint density at radius 3 is 2.49 bits per heavy atom. The van der Waals surface area contributed by atoms with Crippen LogP contribution in [0.3, 0.4) is 0 Å². The van der Waals surface area contributed by atoms with E-state index < -0.39 is 0 Å². The summed E-state index contributed by atoms with van der Waals surface area (Å²) in [6.07, 6.45) is 1.66. The largest absolute Gasteiger partial charge is 0.448 e. The van der Waals surface area contributed by atoms with Gasteiger partial charge in [-0.25, -0.2) is 10.4 Å². The first-order valence-corrected chi connectivity index (χ1v) is 13.1. The molecule has 0 aliphatic heterocycles. The van der Waals surface area contributed by atoms with Crippen LogP contribution in [0.1, 0.15) is 11.3 Å². The third-order valence-corrected chi connectivity index (χ3v) is 7.04. The number of hydrogen-bond acceptors (Lipinski definition) is 6. The fourth-order valence-corrected chi connectivity index (χ4v) is 5.24. The zero-order chi connectivity index (χ0) is 26.6. The zero-order valence-electron chi connectivity index (χ0n) is 20.7. The molecule has 0 aliphatic rings. The Kier molecular flexibility index (Phi) is 6.76. The Balaban J connectivity index is 1.19. The molecule has 0 radical (unpaired) electrons. The van der Waals surface area contributed by atoms with Crippen LogP contribution in [0.4, 0.5) is 0 Å². The first kappa shape index (κ1) is 24.4. The number of rotatable bonds is 7. The standard InChI is InChI=1S/C31H22N4O3S/c36-28(19-22-11-8-10-21-9-4-5-14-25(21)22)34-32-20-24-17-18-29(38-24)39-31-33-27-16-7-6-15-26(27)30(37)35(31)23-12-2-1-3-13-23/h1-18,20H,19H2,(H,34,36). The Hall–Kier alpha value is -4.95. The van der Waals surface area contributed by atoms with E-state index in [4.69, 9.17) is 9.40 Å². The number of fused-ring (bicyclic) bond motifs is 2. The lowest BCUT2D eigenvalue weighted by Crippen LogP contribution is -2.21. The molecule has 7 nitrogen and oxygen atoms in total. The van der Waals surface area contributed by atoms with E-state index in [1.165, 1.54) is 18.0 Å². The molecule has 1 amide bonds. The van der Waals surface area contributed by atoms with Gasteiger partial charge in [-0.3, -0.25) is 14.2 Å². The van der Waals surface area contributed by atoms with Gasteiger partial charge in [0.05, 0.1) is 29.2 Å². The Bertz CT molecular complexity index is 1890. The van der Waals surface area contributed by atoms with E-state index in [0.29, 0.717) is 32.6 Å². The van der Waals surface area contributed by atoms with Crippen molar-refractivity contribution < 1.29 is 9.21 Å². The summed E-state index contributed by atoms with van der Waals surface area (Å²) in [6, 6.07) is 34.0. The number of para-hydroxylation sites is 2. The fraction of sp³-hybridized carbons (Fsp3) is 0.0323. The van der Waals surface area contributed by atoms with E-state index in [9.17, 15) is 9.59 Å². The van der Waals surface area contributed by atoms with Crippen molar-refractivity contribution in [3.63, 3.8) is 0 Å². The summed E-state index contributed by atoms with van der Waals surface area (Å²) in [5, 5.41) is 7.74. The van der Waals surface area contributed by atoms with E-state index in [2.05, 4.69) is 10.5 Å². The van der Waals surface area contributed by atoms with Gasteiger partial charge in [0.2, 0.25) is 5.91 Å². The molecule has 0 fully saturated rings. The first-order chi connectivity index (χ1) is 19.2. The molecule has 39 heavy (non-hydrogen) atoms. The highest BCUT2D eigenvalue weighted by molar-refractivity contribution is 7.99. The molecule has 0 spiro atoms. The molecule has 0 saturated carbocycles. The van der Waals surface area contributed by atoms with E-state index in [-0.39, 0.29) is 17.9 Å². The van der Waals surface area contributed by atoms with Crippen LogP contribution < -0.4 is 11.0 Å². The van der Waals surface area contributed by atoms with Gasteiger partial charge in [-0.2, -0.15) is 5.10 Å². The highest BCUT2D eigenvalue weighted by Gasteiger charge is 2.15. The average Bonchev–Trinajstić information content (AvgIpc) is 3.41. The summed E-state index contributed by atoms with van der Waals surface area (Å²) >= 11 is 1.24. The van der Waals surface area contributed by atoms with Crippen LogP contribution in [0.15, 0.2) is 134 Å². The van der Waals surface area contributed by atoms with E-state index in [1.807, 2.05) is 91.0 Å². The van der Waals surface area contributed by atoms with Gasteiger partial charge in [0, 0.05) is 0 Å². The van der Waals surface area contributed by atoms with Crippen molar-refractivity contribution in [1.29, 1.82) is 0 Å². The number of hydrogen-bond donors (Lipinski definition) is 1. The predicted molar refractivity (Wildman–Crippen MR) is 154 cm³/mol. The van der Waals surface area contributed by atoms with Gasteiger partial charge in [-0.15, -0.1) is 0 Å². The van der Waals surface area contributed by atoms with Crippen molar-refractivity contribution in [2.24, 2.45) is 5.10 Å². The number of hydrazone groups is 1. The molecule has 0 bridgehead atoms. The van der Waals surface area contributed by atoms with E-state index in [1.54, 1.807) is 22.8 Å². The minimum absolute atomic E-state index is 0.156. The number of carbonyl (C=O) groups is 1. The minimum atomic E-state index is -0.226. The van der Waals surface area contributed by atoms with E-state index in [0.717, 1.165) is 16.3 Å². The second kappa shape index (κ2) is 10.8. The summed E-state index contributed by atoms with van der Waals surface area (Å²) in [5.41, 5.74) is 4.67. The SMILES string of the molecule is O=C(Cc1cccc2ccccc12)NN=Cc1ccc(Sc2nc3ccccc3c(=O)n2-c2ccccc2)o1. The molecule has 0 atom stereocenters. The maximum Gasteiger partial charge on any atom is 0.266 e. The van der Waals surface area contributed by atoms with Crippen LogP contribution in [-0.2, 0) is 11.2 Å². The smallest absolute Gasteiger partial charge is 0.266 e. The fourth-order valence-electron chi connectivity index (χ4n) is 4.36. The normalized spacial score (nSPS) is 11.4. The number of amides is 1. The van der Waals surface area contributed by atoms with Gasteiger partial charge >= 0.3 is 0 Å². The van der Waals surface area contributed by atoms with Gasteiger partial charge in [0.15, 0.2) is 10.2 Å². The molecule has 0 aliphatic carbocycles. The number of furan rings is 1. The van der Waals surface area contributed by atoms with Crippen LogP contribution in [-0.4, -0.2) is 21.7 Å². The lowest BCUT2D eigenvalue weighted by atomic mass is 10.0. The molecule has 1 N–H and O–H groups in total. The highest BCUT2D eigenvalue weighted by Crippen LogP contribution is 2.29. The van der Waals surface area contributed by atoms with Crippen molar-refractivity contribution in [2.75, 3.05) is 0 Å². The van der Waals surface area contributed by atoms with E-state index >= 15 is 0 Å². The maximum absolute atomic E-state index is 13.4. The quantitative estimate of drug-likeness (QED) is 0.156. The summed E-state index contributed by atoms with van der Waals surface area (Å²) in [4.78, 5) is 30.6. The monoisotopic (exact) mass is 530 g/mol. The molecule has 4 aromatic carbocycles. The maximum atomic E-state index is 13.4.